The first kappa shape index (κ1) is 36.0. The van der Waals surface area contributed by atoms with E-state index in [9.17, 15) is 13.7 Å². The van der Waals surface area contributed by atoms with Crippen LogP contribution in [0.5, 0.6) is 11.5 Å². The third-order valence-electron chi connectivity index (χ3n) is 15.8. The molecule has 3 aromatic heterocycles. The van der Waals surface area contributed by atoms with Gasteiger partial charge in [-0.3, -0.25) is 4.57 Å². The number of para-hydroxylation sites is 2. The van der Waals surface area contributed by atoms with E-state index in [2.05, 4.69) is 83.4 Å². The Bertz CT molecular complexity index is 4790. The van der Waals surface area contributed by atoms with Crippen LogP contribution >= 0.6 is 0 Å². The molecule has 8 aromatic carbocycles. The van der Waals surface area contributed by atoms with Gasteiger partial charge in [-0.2, -0.15) is 9.13 Å². The fraction of sp³-hybridized carbons (Fsp3) is 0.229. The highest BCUT2D eigenvalue weighted by atomic mass is 16.5. The average Bonchev–Trinajstić information content (AvgIpc) is 1.32. The SMILES string of the molecule is [2H]c1c([2H])c([2H])c2c(c1[2H])-c1cc(C(C)(C)C)cc(-c3c([2H])c([2H])c4c(c3[2H])C(C)(C)CCC4(C)C)c1-[n+]1cn(-c3cccc(Oc4ccc5c6ccccc6n(-c6cc(C(C)(C)C)ccn6)c5c4)c3)c3cccc(c31)-c1c([2H])c([2H])c([2H])c([2H])c1-2. The first-order valence-corrected chi connectivity index (χ1v) is 25.9. The molecule has 13 rings (SSSR count). The molecule has 0 amide bonds. The lowest BCUT2D eigenvalue weighted by molar-refractivity contribution is -0.566. The van der Waals surface area contributed by atoms with Crippen LogP contribution in [0.1, 0.15) is 119 Å². The largest absolute Gasteiger partial charge is 0.457 e. The van der Waals surface area contributed by atoms with Gasteiger partial charge >= 0.3 is 0 Å². The molecule has 0 bridgehead atoms. The number of pyridine rings is 1. The normalized spacial score (nSPS) is 16.7. The van der Waals surface area contributed by atoms with Gasteiger partial charge in [0.2, 0.25) is 0 Å². The van der Waals surface area contributed by atoms with Crippen LogP contribution in [0.3, 0.4) is 0 Å². The van der Waals surface area contributed by atoms with Gasteiger partial charge < -0.3 is 4.74 Å². The molecular formula is C70H65N4O+. The molecule has 1 aliphatic heterocycles. The van der Waals surface area contributed by atoms with Gasteiger partial charge in [-0.15, -0.1) is 0 Å². The fourth-order valence-corrected chi connectivity index (χ4v) is 11.4. The Labute approximate surface area is 457 Å². The van der Waals surface area contributed by atoms with Crippen molar-refractivity contribution < 1.29 is 24.4 Å². The van der Waals surface area contributed by atoms with Gasteiger partial charge in [-0.25, -0.2) is 4.98 Å². The van der Waals surface area contributed by atoms with Crippen LogP contribution in [0.4, 0.5) is 0 Å². The molecular weight excluding hydrogens is 913 g/mol. The molecule has 370 valence electrons. The predicted octanol–water partition coefficient (Wildman–Crippen LogP) is 18.1. The number of imidazole rings is 1. The maximum atomic E-state index is 10.5. The predicted molar refractivity (Wildman–Crippen MR) is 311 cm³/mol. The number of ether oxygens (including phenoxy) is 1. The molecule has 0 saturated heterocycles. The Morgan fingerprint density at radius 1 is 0.547 bits per heavy atom. The van der Waals surface area contributed by atoms with Crippen LogP contribution in [0, 0.1) is 0 Å². The zero-order valence-electron chi connectivity index (χ0n) is 55.2. The summed E-state index contributed by atoms with van der Waals surface area (Å²) < 4.78 is 120. The number of rotatable bonds is 5. The van der Waals surface area contributed by atoms with E-state index < -0.39 is 64.6 Å². The van der Waals surface area contributed by atoms with Gasteiger partial charge in [-0.1, -0.05) is 166 Å². The van der Waals surface area contributed by atoms with Crippen molar-refractivity contribution in [3.8, 4) is 73.2 Å². The van der Waals surface area contributed by atoms with E-state index in [1.165, 1.54) is 0 Å². The van der Waals surface area contributed by atoms with Crippen molar-refractivity contribution in [3.05, 3.63) is 210 Å². The summed E-state index contributed by atoms with van der Waals surface area (Å²) in [5, 5.41) is 2.11. The number of aromatic nitrogens is 4. The fourth-order valence-electron chi connectivity index (χ4n) is 11.4. The first-order chi connectivity index (χ1) is 40.5. The van der Waals surface area contributed by atoms with Crippen LogP contribution in [-0.2, 0) is 21.7 Å². The van der Waals surface area contributed by atoms with Crippen molar-refractivity contribution in [1.82, 2.24) is 14.1 Å². The molecule has 2 aliphatic rings. The summed E-state index contributed by atoms with van der Waals surface area (Å²) in [5.74, 6) is 1.87. The summed E-state index contributed by atoms with van der Waals surface area (Å²) in [7, 11) is 0. The minimum Gasteiger partial charge on any atom is -0.457 e. The highest BCUT2D eigenvalue weighted by Crippen LogP contribution is 2.50. The van der Waals surface area contributed by atoms with Gasteiger partial charge in [0.05, 0.1) is 26.1 Å². The quantitative estimate of drug-likeness (QED) is 0.161. The zero-order chi connectivity index (χ0) is 61.3. The molecule has 0 radical (unpaired) electrons. The Morgan fingerprint density at radius 3 is 1.91 bits per heavy atom. The summed E-state index contributed by atoms with van der Waals surface area (Å²) >= 11 is 0. The van der Waals surface area contributed by atoms with Gasteiger partial charge in [-0.05, 0) is 151 Å². The van der Waals surface area contributed by atoms with Gasteiger partial charge in [0.15, 0.2) is 11.0 Å². The maximum Gasteiger partial charge on any atom is 0.255 e. The molecule has 5 nitrogen and oxygen atoms in total. The minimum atomic E-state index is -0.655. The molecule has 0 spiro atoms. The first-order valence-electron chi connectivity index (χ1n) is 31.4. The van der Waals surface area contributed by atoms with E-state index >= 15 is 0 Å². The van der Waals surface area contributed by atoms with E-state index in [0.717, 1.165) is 46.0 Å². The molecule has 11 aromatic rings. The molecule has 0 fully saturated rings. The summed E-state index contributed by atoms with van der Waals surface area (Å²) in [6.07, 6.45) is 5.20. The topological polar surface area (TPSA) is 35.9 Å². The van der Waals surface area contributed by atoms with Crippen LogP contribution in [-0.4, -0.2) is 14.1 Å². The highest BCUT2D eigenvalue weighted by molar-refractivity contribution is 6.09. The second-order valence-corrected chi connectivity index (χ2v) is 23.8. The Kier molecular flexibility index (Phi) is 8.04. The molecule has 0 saturated carbocycles. The number of nitrogens with zero attached hydrogens (tertiary/aromatic N) is 4. The van der Waals surface area contributed by atoms with Crippen LogP contribution in [0.25, 0.3) is 94.5 Å². The lowest BCUT2D eigenvalue weighted by Gasteiger charge is -2.42. The van der Waals surface area contributed by atoms with Crippen LogP contribution in [0.2, 0.25) is 0 Å². The molecule has 0 atom stereocenters. The van der Waals surface area contributed by atoms with E-state index in [1.807, 2.05) is 109 Å². The van der Waals surface area contributed by atoms with Gasteiger partial charge in [0.25, 0.3) is 6.33 Å². The second kappa shape index (κ2) is 16.7. The summed E-state index contributed by atoms with van der Waals surface area (Å²) in [6, 6.07) is 31.3. The highest BCUT2D eigenvalue weighted by Gasteiger charge is 2.38. The molecule has 5 heteroatoms. The number of hydrogen-bond donors (Lipinski definition) is 0. The van der Waals surface area contributed by atoms with E-state index in [0.29, 0.717) is 61.7 Å². The smallest absolute Gasteiger partial charge is 0.255 e. The van der Waals surface area contributed by atoms with Crippen molar-refractivity contribution in [2.75, 3.05) is 0 Å². The van der Waals surface area contributed by atoms with Crippen molar-refractivity contribution >= 4 is 32.8 Å². The lowest BCUT2D eigenvalue weighted by atomic mass is 9.63. The molecule has 0 N–H and O–H groups in total. The van der Waals surface area contributed by atoms with Gasteiger partial charge in [0.1, 0.15) is 28.7 Å². The summed E-state index contributed by atoms with van der Waals surface area (Å²) in [5.41, 5.74) is 6.21. The number of benzene rings is 8. The molecule has 4 heterocycles. The minimum absolute atomic E-state index is 0.0112. The van der Waals surface area contributed by atoms with Gasteiger partial charge in [0, 0.05) is 45.8 Å². The Hall–Kier alpha value is -8.02. The van der Waals surface area contributed by atoms with Crippen molar-refractivity contribution in [3.63, 3.8) is 0 Å². The third-order valence-corrected chi connectivity index (χ3v) is 15.8. The Morgan fingerprint density at radius 2 is 1.17 bits per heavy atom. The van der Waals surface area contributed by atoms with E-state index in [-0.39, 0.29) is 56.9 Å². The average molecular weight is 989 g/mol. The van der Waals surface area contributed by atoms with Crippen LogP contribution < -0.4 is 9.30 Å². The zero-order valence-corrected chi connectivity index (χ0v) is 44.2. The molecule has 0 unspecified atom stereocenters. The molecule has 75 heavy (non-hydrogen) atoms. The third kappa shape index (κ3) is 7.64. The maximum absolute atomic E-state index is 10.5. The van der Waals surface area contributed by atoms with Crippen molar-refractivity contribution in [2.45, 2.75) is 104 Å². The standard InChI is InChI=1S/C70H65N4O/c1-67(2,3)45-33-36-71-64(40-45)74-61-27-16-15-25-54(61)55-31-30-49(42-63(55)74)75-48-20-17-19-47(41-48)72-43-73-65-57(44-29-32-59-60(37-44)70(9,10)35-34-69(59,7)8)38-46(68(4,5)6)39-58(65)53-24-14-12-22-51(53)50-21-11-13-23-52(50)56-26-18-28-62(72)66(56)73/h11-33,36-43H,34-35H2,1-10H3/q+1/i11D,12D,13D,14D,21D,22D,23D,24D,29D,32D,37D. The Balaban J connectivity index is 1.12. The van der Waals surface area contributed by atoms with E-state index in [1.54, 1.807) is 12.1 Å². The molecule has 1 aliphatic carbocycles. The second-order valence-electron chi connectivity index (χ2n) is 23.8. The lowest BCUT2D eigenvalue weighted by Crippen LogP contribution is -2.34. The van der Waals surface area contributed by atoms with Crippen molar-refractivity contribution in [2.24, 2.45) is 0 Å². The summed E-state index contributed by atoms with van der Waals surface area (Å²) in [4.78, 5) is 4.88. The van der Waals surface area contributed by atoms with Crippen molar-refractivity contribution in [1.29, 1.82) is 0 Å². The summed E-state index contributed by atoms with van der Waals surface area (Å²) in [6.45, 7) is 20.9. The monoisotopic (exact) mass is 989 g/mol. The van der Waals surface area contributed by atoms with Crippen LogP contribution in [0.15, 0.2) is 188 Å². The number of fused-ring (bicyclic) bond motifs is 11. The van der Waals surface area contributed by atoms with E-state index in [4.69, 9.17) is 11.1 Å². The number of hydrogen-bond acceptors (Lipinski definition) is 2.